The van der Waals surface area contributed by atoms with Gasteiger partial charge in [0.25, 0.3) is 0 Å². The highest BCUT2D eigenvalue weighted by Gasteiger charge is 2.15. The zero-order chi connectivity index (χ0) is 20.3. The first-order chi connectivity index (χ1) is 13.4. The molecule has 0 radical (unpaired) electrons. The second kappa shape index (κ2) is 8.26. The monoisotopic (exact) mass is 373 g/mol. The van der Waals surface area contributed by atoms with Gasteiger partial charge in [-0.3, -0.25) is 9.98 Å². The molecule has 2 aromatic carbocycles. The Bertz CT molecular complexity index is 1030. The van der Waals surface area contributed by atoms with Crippen LogP contribution < -0.4 is 10.8 Å². The van der Waals surface area contributed by atoms with Gasteiger partial charge in [0.05, 0.1) is 0 Å². The largest absolute Gasteiger partial charge is 0.337 e. The first-order valence-electron chi connectivity index (χ1n) is 9.59. The molecule has 3 aromatic rings. The van der Waals surface area contributed by atoms with Gasteiger partial charge < -0.3 is 5.32 Å². The van der Waals surface area contributed by atoms with E-state index in [-0.39, 0.29) is 11.5 Å². The van der Waals surface area contributed by atoms with Crippen molar-refractivity contribution in [1.82, 2.24) is 9.88 Å². The molecule has 0 aliphatic rings. The lowest BCUT2D eigenvalue weighted by Gasteiger charge is -2.16. The fourth-order valence-corrected chi connectivity index (χ4v) is 3.09. The van der Waals surface area contributed by atoms with E-state index < -0.39 is 0 Å². The highest BCUT2D eigenvalue weighted by atomic mass is 16.2. The summed E-state index contributed by atoms with van der Waals surface area (Å²) in [5.41, 5.74) is 6.19. The van der Waals surface area contributed by atoms with Crippen molar-refractivity contribution < 1.29 is 4.79 Å². The van der Waals surface area contributed by atoms with Crippen LogP contribution in [0.3, 0.4) is 0 Å². The molecule has 3 rings (SSSR count). The molecular weight excluding hydrogens is 346 g/mol. The lowest BCUT2D eigenvalue weighted by Crippen LogP contribution is -2.38. The van der Waals surface area contributed by atoms with E-state index in [0.717, 1.165) is 27.8 Å². The molecule has 1 heterocycles. The Labute approximate surface area is 166 Å². The van der Waals surface area contributed by atoms with Crippen molar-refractivity contribution in [2.24, 2.45) is 5.92 Å². The lowest BCUT2D eigenvalue weighted by atomic mass is 9.95. The second-order valence-electron chi connectivity index (χ2n) is 7.63. The van der Waals surface area contributed by atoms with E-state index in [1.807, 2.05) is 51.1 Å². The summed E-state index contributed by atoms with van der Waals surface area (Å²) in [4.78, 5) is 12.6. The van der Waals surface area contributed by atoms with Gasteiger partial charge in [0.2, 0.25) is 0 Å². The van der Waals surface area contributed by atoms with E-state index in [2.05, 4.69) is 36.5 Å². The Hall–Kier alpha value is -3.14. The Morgan fingerprint density at radius 3 is 2.00 bits per heavy atom. The summed E-state index contributed by atoms with van der Waals surface area (Å²) < 4.78 is 1.38. The third kappa shape index (κ3) is 4.22. The minimum absolute atomic E-state index is 0.184. The van der Waals surface area contributed by atoms with Gasteiger partial charge in [0.15, 0.2) is 0 Å². The van der Waals surface area contributed by atoms with Crippen LogP contribution >= 0.6 is 0 Å². The van der Waals surface area contributed by atoms with Gasteiger partial charge in [-0.15, -0.1) is 0 Å². The number of amides is 1. The number of nitrogens with one attached hydrogen (secondary N) is 2. The highest BCUT2D eigenvalue weighted by molar-refractivity contribution is 5.85. The van der Waals surface area contributed by atoms with Gasteiger partial charge >= 0.3 is 6.03 Å². The molecule has 0 spiro atoms. The fourth-order valence-electron chi connectivity index (χ4n) is 3.09. The quantitative estimate of drug-likeness (QED) is 0.654. The maximum absolute atomic E-state index is 12.6. The number of carbonyl (C=O) groups excluding carboxylic acids is 1. The van der Waals surface area contributed by atoms with Crippen molar-refractivity contribution in [1.29, 1.82) is 5.41 Å². The zero-order valence-corrected chi connectivity index (χ0v) is 16.9. The lowest BCUT2D eigenvalue weighted by molar-refractivity contribution is 0.240. The maximum Gasteiger partial charge on any atom is 0.327 e. The molecule has 1 aromatic heterocycles. The van der Waals surface area contributed by atoms with Crippen molar-refractivity contribution in [3.63, 3.8) is 0 Å². The van der Waals surface area contributed by atoms with Gasteiger partial charge in [-0.1, -0.05) is 73.5 Å². The molecule has 4 nitrogen and oxygen atoms in total. The van der Waals surface area contributed by atoms with Crippen LogP contribution in [0.4, 0.5) is 4.79 Å². The average Bonchev–Trinajstić information content (AvgIpc) is 2.67. The van der Waals surface area contributed by atoms with Gasteiger partial charge in [-0.25, -0.2) is 4.79 Å². The van der Waals surface area contributed by atoms with Crippen molar-refractivity contribution >= 4 is 6.03 Å². The van der Waals surface area contributed by atoms with Crippen molar-refractivity contribution in [3.05, 3.63) is 77.4 Å². The van der Waals surface area contributed by atoms with E-state index in [1.165, 1.54) is 10.1 Å². The Kier molecular flexibility index (Phi) is 5.78. The number of benzene rings is 2. The number of pyridine rings is 1. The minimum Gasteiger partial charge on any atom is -0.337 e. The molecule has 0 saturated carbocycles. The fraction of sp³-hybridized carbons (Fsp3) is 0.250. The molecule has 2 N–H and O–H groups in total. The van der Waals surface area contributed by atoms with Gasteiger partial charge in [0, 0.05) is 18.3 Å². The summed E-state index contributed by atoms with van der Waals surface area (Å²) in [6.45, 7) is 8.76. The normalized spacial score (nSPS) is 10.9. The third-order valence-electron chi connectivity index (χ3n) is 4.72. The van der Waals surface area contributed by atoms with Gasteiger partial charge in [0.1, 0.15) is 5.49 Å². The van der Waals surface area contributed by atoms with E-state index in [4.69, 9.17) is 5.41 Å². The number of nitrogens with zero attached hydrogens (tertiary/aromatic N) is 1. The van der Waals surface area contributed by atoms with Crippen molar-refractivity contribution in [2.45, 2.75) is 27.7 Å². The number of hydrogen-bond acceptors (Lipinski definition) is 2. The number of carbonyl (C=O) groups is 1. The maximum atomic E-state index is 12.6. The van der Waals surface area contributed by atoms with Crippen LogP contribution in [0.1, 0.15) is 25.0 Å². The number of rotatable bonds is 4. The van der Waals surface area contributed by atoms with Crippen LogP contribution in [0.25, 0.3) is 22.3 Å². The first-order valence-corrected chi connectivity index (χ1v) is 9.59. The van der Waals surface area contributed by atoms with Gasteiger partial charge in [-0.05, 0) is 42.5 Å². The summed E-state index contributed by atoms with van der Waals surface area (Å²) >= 11 is 0. The van der Waals surface area contributed by atoms with Gasteiger partial charge in [-0.2, -0.15) is 0 Å². The summed E-state index contributed by atoms with van der Waals surface area (Å²) in [6, 6.07) is 18.0. The van der Waals surface area contributed by atoms with Crippen LogP contribution in [0.15, 0.2) is 60.8 Å². The molecule has 0 fully saturated rings. The van der Waals surface area contributed by atoms with Crippen LogP contribution in [0, 0.1) is 25.2 Å². The molecule has 0 atom stereocenters. The smallest absolute Gasteiger partial charge is 0.327 e. The number of aryl methyl sites for hydroxylation is 2. The molecule has 144 valence electrons. The average molecular weight is 374 g/mol. The van der Waals surface area contributed by atoms with Crippen LogP contribution in [0.2, 0.25) is 0 Å². The Morgan fingerprint density at radius 2 is 1.46 bits per heavy atom. The van der Waals surface area contributed by atoms with E-state index in [0.29, 0.717) is 12.5 Å². The molecule has 0 bridgehead atoms. The summed E-state index contributed by atoms with van der Waals surface area (Å²) in [5.74, 6) is 0.349. The first kappa shape index (κ1) is 19.6. The highest BCUT2D eigenvalue weighted by Crippen LogP contribution is 2.29. The topological polar surface area (TPSA) is 57.9 Å². The van der Waals surface area contributed by atoms with E-state index in [1.54, 1.807) is 6.20 Å². The molecule has 0 saturated heterocycles. The molecule has 0 aliphatic heterocycles. The molecule has 1 amide bonds. The standard InChI is InChI=1S/C24H27N3O/c1-16(2)15-26-24(28)27-14-13-21(19-9-5-17(3)6-10-19)22(23(27)25)20-11-7-18(4)8-12-20/h5-14,16,25H,15H2,1-4H3,(H,26,28). The second-order valence-corrected chi connectivity index (χ2v) is 7.63. The molecular formula is C24H27N3O. The molecule has 0 aliphatic carbocycles. The Balaban J connectivity index is 2.16. The molecule has 4 heteroatoms. The summed E-state index contributed by atoms with van der Waals surface area (Å²) in [5, 5.41) is 11.7. The van der Waals surface area contributed by atoms with E-state index in [9.17, 15) is 4.79 Å². The number of aromatic nitrogens is 1. The number of hydrogen-bond donors (Lipinski definition) is 2. The van der Waals surface area contributed by atoms with Crippen molar-refractivity contribution in [3.8, 4) is 22.3 Å². The Morgan fingerprint density at radius 1 is 0.929 bits per heavy atom. The minimum atomic E-state index is -0.275. The summed E-state index contributed by atoms with van der Waals surface area (Å²) in [6.07, 6.45) is 1.69. The van der Waals surface area contributed by atoms with Crippen LogP contribution in [0.5, 0.6) is 0 Å². The third-order valence-corrected chi connectivity index (χ3v) is 4.72. The SMILES string of the molecule is Cc1ccc(-c2ccn(C(=O)NCC(C)C)c(=N)c2-c2ccc(C)cc2)cc1. The van der Waals surface area contributed by atoms with Crippen molar-refractivity contribution in [2.75, 3.05) is 6.54 Å². The molecule has 28 heavy (non-hydrogen) atoms. The van der Waals surface area contributed by atoms with Crippen LogP contribution in [-0.4, -0.2) is 17.1 Å². The summed E-state index contributed by atoms with van der Waals surface area (Å²) in [7, 11) is 0. The predicted octanol–water partition coefficient (Wildman–Crippen LogP) is 5.13. The zero-order valence-electron chi connectivity index (χ0n) is 16.9. The predicted molar refractivity (Wildman–Crippen MR) is 114 cm³/mol. The van der Waals surface area contributed by atoms with E-state index >= 15 is 0 Å². The molecule has 0 unspecified atom stereocenters. The van der Waals surface area contributed by atoms with Crippen LogP contribution in [-0.2, 0) is 0 Å².